The first-order valence-corrected chi connectivity index (χ1v) is 8.93. The van der Waals surface area contributed by atoms with E-state index in [0.29, 0.717) is 12.5 Å². The fraction of sp³-hybridized carbons (Fsp3) is 0.526. The van der Waals surface area contributed by atoms with Crippen molar-refractivity contribution in [2.75, 3.05) is 19.7 Å². The summed E-state index contributed by atoms with van der Waals surface area (Å²) in [5, 5.41) is 14.2. The maximum atomic E-state index is 13.2. The van der Waals surface area contributed by atoms with Crippen molar-refractivity contribution in [1.29, 1.82) is 0 Å². The fourth-order valence-corrected chi connectivity index (χ4v) is 3.98. The van der Waals surface area contributed by atoms with Gasteiger partial charge in [0.2, 0.25) is 0 Å². The molecule has 1 aromatic heterocycles. The van der Waals surface area contributed by atoms with Gasteiger partial charge < -0.3 is 5.11 Å². The molecule has 0 bridgehead atoms. The van der Waals surface area contributed by atoms with Gasteiger partial charge in [-0.15, -0.1) is 0 Å². The van der Waals surface area contributed by atoms with Crippen molar-refractivity contribution in [3.63, 3.8) is 0 Å². The van der Waals surface area contributed by atoms with Crippen molar-refractivity contribution < 1.29 is 9.50 Å². The zero-order valence-electron chi connectivity index (χ0n) is 13.9. The number of piperidine rings is 1. The van der Waals surface area contributed by atoms with Crippen LogP contribution in [0.5, 0.6) is 0 Å². The summed E-state index contributed by atoms with van der Waals surface area (Å²) in [6.45, 7) is 3.25. The van der Waals surface area contributed by atoms with Crippen LogP contribution in [-0.2, 0) is 19.4 Å². The summed E-state index contributed by atoms with van der Waals surface area (Å²) in [7, 11) is 0. The number of nitrogens with zero attached hydrogens (tertiary/aromatic N) is 3. The number of aromatic nitrogens is 2. The number of hydrogen-bond acceptors (Lipinski definition) is 3. The molecule has 0 spiro atoms. The van der Waals surface area contributed by atoms with Crippen molar-refractivity contribution >= 4 is 0 Å². The Morgan fingerprint density at radius 2 is 1.88 bits per heavy atom. The molecular weight excluding hydrogens is 305 g/mol. The van der Waals surface area contributed by atoms with Crippen LogP contribution in [0, 0.1) is 11.7 Å². The number of hydrogen-bond donors (Lipinski definition) is 1. The van der Waals surface area contributed by atoms with E-state index in [-0.39, 0.29) is 5.82 Å². The maximum Gasteiger partial charge on any atom is 0.123 e. The SMILES string of the molecule is OCC1CCN(Cc2nn(-c3ccc(F)cc3)c3c2CCC3)CC1. The molecular formula is C19H24FN3O. The fourth-order valence-electron chi connectivity index (χ4n) is 3.98. The monoisotopic (exact) mass is 329 g/mol. The molecule has 2 aromatic rings. The average molecular weight is 329 g/mol. The first kappa shape index (κ1) is 15.8. The van der Waals surface area contributed by atoms with Crippen molar-refractivity contribution in [1.82, 2.24) is 14.7 Å². The lowest BCUT2D eigenvalue weighted by Gasteiger charge is -2.30. The summed E-state index contributed by atoms with van der Waals surface area (Å²) >= 11 is 0. The van der Waals surface area contributed by atoms with Crippen molar-refractivity contribution in [2.45, 2.75) is 38.6 Å². The summed E-state index contributed by atoms with van der Waals surface area (Å²) < 4.78 is 15.2. The first-order valence-electron chi connectivity index (χ1n) is 8.93. The third-order valence-corrected chi connectivity index (χ3v) is 5.42. The number of likely N-dealkylation sites (tertiary alicyclic amines) is 1. The standard InChI is InChI=1S/C19H24FN3O/c20-15-4-6-16(7-5-15)23-19-3-1-2-17(19)18(21-23)12-22-10-8-14(13-24)9-11-22/h4-7,14,24H,1-3,8-13H2. The quantitative estimate of drug-likeness (QED) is 0.938. The second kappa shape index (κ2) is 6.65. The maximum absolute atomic E-state index is 13.2. The molecule has 2 aliphatic rings. The number of aliphatic hydroxyl groups excluding tert-OH is 1. The highest BCUT2D eigenvalue weighted by molar-refractivity contribution is 5.40. The third-order valence-electron chi connectivity index (χ3n) is 5.42. The minimum atomic E-state index is -0.213. The predicted octanol–water partition coefficient (Wildman–Crippen LogP) is 2.70. The number of halogens is 1. The van der Waals surface area contributed by atoms with Gasteiger partial charge in [0.15, 0.2) is 0 Å². The Kier molecular flexibility index (Phi) is 4.37. The van der Waals surface area contributed by atoms with Gasteiger partial charge in [-0.05, 0) is 80.9 Å². The van der Waals surface area contributed by atoms with Crippen molar-refractivity contribution in [3.05, 3.63) is 47.0 Å². The van der Waals surface area contributed by atoms with Crippen molar-refractivity contribution in [2.24, 2.45) is 5.92 Å². The highest BCUT2D eigenvalue weighted by Gasteiger charge is 2.26. The number of benzene rings is 1. The molecule has 4 nitrogen and oxygen atoms in total. The first-order chi connectivity index (χ1) is 11.7. The Balaban J connectivity index is 1.56. The minimum absolute atomic E-state index is 0.213. The van der Waals surface area contributed by atoms with E-state index in [1.165, 1.54) is 35.5 Å². The third kappa shape index (κ3) is 2.98. The largest absolute Gasteiger partial charge is 0.396 e. The zero-order valence-corrected chi connectivity index (χ0v) is 13.9. The molecule has 1 aliphatic heterocycles. The van der Waals surface area contributed by atoms with Gasteiger partial charge in [-0.1, -0.05) is 0 Å². The van der Waals surface area contributed by atoms with Crippen molar-refractivity contribution in [3.8, 4) is 5.69 Å². The van der Waals surface area contributed by atoms with E-state index in [1.807, 2.05) is 4.68 Å². The normalized spacial score (nSPS) is 18.9. The van der Waals surface area contributed by atoms with Gasteiger partial charge in [0.1, 0.15) is 5.82 Å². The molecule has 0 amide bonds. The van der Waals surface area contributed by atoms with Crippen LogP contribution in [0.1, 0.15) is 36.2 Å². The molecule has 5 heteroatoms. The molecule has 0 unspecified atom stereocenters. The molecule has 128 valence electrons. The van der Waals surface area contributed by atoms with E-state index in [2.05, 4.69) is 4.90 Å². The van der Waals surface area contributed by atoms with Crippen LogP contribution in [0.3, 0.4) is 0 Å². The molecule has 2 heterocycles. The summed E-state index contributed by atoms with van der Waals surface area (Å²) in [5.41, 5.74) is 4.81. The van der Waals surface area contributed by atoms with Gasteiger partial charge in [0.25, 0.3) is 0 Å². The Morgan fingerprint density at radius 1 is 1.12 bits per heavy atom. The summed E-state index contributed by atoms with van der Waals surface area (Å²) in [5.74, 6) is 0.248. The van der Waals surface area contributed by atoms with E-state index < -0.39 is 0 Å². The summed E-state index contributed by atoms with van der Waals surface area (Å²) in [6, 6.07) is 6.60. The number of rotatable bonds is 4. The number of aliphatic hydroxyl groups is 1. The highest BCUT2D eigenvalue weighted by Crippen LogP contribution is 2.29. The smallest absolute Gasteiger partial charge is 0.123 e. The molecule has 0 atom stereocenters. The lowest BCUT2D eigenvalue weighted by molar-refractivity contribution is 0.126. The molecule has 24 heavy (non-hydrogen) atoms. The van der Waals surface area contributed by atoms with Gasteiger partial charge in [0, 0.05) is 18.8 Å². The summed E-state index contributed by atoms with van der Waals surface area (Å²) in [4.78, 5) is 2.45. The lowest BCUT2D eigenvalue weighted by atomic mass is 9.97. The van der Waals surface area contributed by atoms with Crippen LogP contribution in [-0.4, -0.2) is 39.5 Å². The van der Waals surface area contributed by atoms with Crippen LogP contribution in [0.15, 0.2) is 24.3 Å². The average Bonchev–Trinajstić information content (AvgIpc) is 3.20. The molecule has 1 aliphatic carbocycles. The van der Waals surface area contributed by atoms with Crippen LogP contribution in [0.2, 0.25) is 0 Å². The Morgan fingerprint density at radius 3 is 2.58 bits per heavy atom. The predicted molar refractivity (Wildman–Crippen MR) is 90.6 cm³/mol. The van der Waals surface area contributed by atoms with Gasteiger partial charge in [-0.3, -0.25) is 4.90 Å². The van der Waals surface area contributed by atoms with E-state index in [1.54, 1.807) is 12.1 Å². The van der Waals surface area contributed by atoms with Crippen LogP contribution < -0.4 is 0 Å². The van der Waals surface area contributed by atoms with E-state index in [9.17, 15) is 9.50 Å². The Bertz CT molecular complexity index is 702. The van der Waals surface area contributed by atoms with Gasteiger partial charge >= 0.3 is 0 Å². The molecule has 0 radical (unpaired) electrons. The van der Waals surface area contributed by atoms with Crippen LogP contribution in [0.4, 0.5) is 4.39 Å². The Hall–Kier alpha value is -1.72. The highest BCUT2D eigenvalue weighted by atomic mass is 19.1. The van der Waals surface area contributed by atoms with Gasteiger partial charge in [0.05, 0.1) is 11.4 Å². The molecule has 0 saturated carbocycles. The second-order valence-electron chi connectivity index (χ2n) is 7.02. The van der Waals surface area contributed by atoms with E-state index in [0.717, 1.165) is 51.0 Å². The topological polar surface area (TPSA) is 41.3 Å². The molecule has 4 rings (SSSR count). The molecule has 1 aromatic carbocycles. The lowest BCUT2D eigenvalue weighted by Crippen LogP contribution is -2.34. The van der Waals surface area contributed by atoms with Gasteiger partial charge in [-0.2, -0.15) is 5.10 Å². The molecule has 1 saturated heterocycles. The number of fused-ring (bicyclic) bond motifs is 1. The van der Waals surface area contributed by atoms with E-state index in [4.69, 9.17) is 5.10 Å². The molecule has 1 N–H and O–H groups in total. The minimum Gasteiger partial charge on any atom is -0.396 e. The molecule has 1 fully saturated rings. The second-order valence-corrected chi connectivity index (χ2v) is 7.02. The van der Waals surface area contributed by atoms with Crippen LogP contribution in [0.25, 0.3) is 5.69 Å². The van der Waals surface area contributed by atoms with Crippen LogP contribution >= 0.6 is 0 Å². The van der Waals surface area contributed by atoms with Gasteiger partial charge in [-0.25, -0.2) is 9.07 Å². The van der Waals surface area contributed by atoms with E-state index >= 15 is 0 Å². The Labute approximate surface area is 141 Å². The zero-order chi connectivity index (χ0) is 16.5. The summed E-state index contributed by atoms with van der Waals surface area (Å²) in [6.07, 6.45) is 5.45.